The van der Waals surface area contributed by atoms with Crippen LogP contribution in [0.3, 0.4) is 0 Å². The average Bonchev–Trinajstić information content (AvgIpc) is 2.38. The maximum atomic E-state index is 13.1. The molecule has 0 bridgehead atoms. The predicted molar refractivity (Wildman–Crippen MR) is 74.6 cm³/mol. The maximum absolute atomic E-state index is 13.1. The van der Waals surface area contributed by atoms with Crippen LogP contribution in [0.15, 0.2) is 46.9 Å². The van der Waals surface area contributed by atoms with Crippen molar-refractivity contribution in [3.05, 3.63) is 58.3 Å². The lowest BCUT2D eigenvalue weighted by Gasteiger charge is -2.12. The number of alkyl halides is 3. The summed E-state index contributed by atoms with van der Waals surface area (Å²) in [5, 5.41) is 2.91. The van der Waals surface area contributed by atoms with Crippen molar-refractivity contribution < 1.29 is 22.3 Å². The standard InChI is InChI=1S/C14H10BrF4NO/c15-13-5-4-10(16)6-9(13)8-20-11-2-1-3-12(7-11)21-14(17,18)19/h1-7,20H,8H2. The molecule has 0 aliphatic heterocycles. The molecule has 2 aromatic carbocycles. The quantitative estimate of drug-likeness (QED) is 0.763. The van der Waals surface area contributed by atoms with Crippen molar-refractivity contribution in [2.45, 2.75) is 12.9 Å². The van der Waals surface area contributed by atoms with Crippen molar-refractivity contribution in [1.29, 1.82) is 0 Å². The first-order valence-corrected chi connectivity index (χ1v) is 6.66. The minimum Gasteiger partial charge on any atom is -0.406 e. The normalized spacial score (nSPS) is 11.3. The Morgan fingerprint density at radius 2 is 1.86 bits per heavy atom. The molecule has 0 spiro atoms. The first-order valence-electron chi connectivity index (χ1n) is 5.87. The summed E-state index contributed by atoms with van der Waals surface area (Å²) in [6, 6.07) is 9.67. The lowest BCUT2D eigenvalue weighted by atomic mass is 10.2. The minimum atomic E-state index is -4.73. The Labute approximate surface area is 126 Å². The zero-order chi connectivity index (χ0) is 15.5. The lowest BCUT2D eigenvalue weighted by molar-refractivity contribution is -0.274. The fourth-order valence-corrected chi connectivity index (χ4v) is 2.07. The predicted octanol–water partition coefficient (Wildman–Crippen LogP) is 5.10. The van der Waals surface area contributed by atoms with Gasteiger partial charge >= 0.3 is 6.36 Å². The molecule has 0 radical (unpaired) electrons. The number of hydrogen-bond acceptors (Lipinski definition) is 2. The molecular formula is C14H10BrF4NO. The molecule has 21 heavy (non-hydrogen) atoms. The highest BCUT2D eigenvalue weighted by Gasteiger charge is 2.31. The van der Waals surface area contributed by atoms with Crippen LogP contribution < -0.4 is 10.1 Å². The van der Waals surface area contributed by atoms with Crippen LogP contribution in [0.5, 0.6) is 5.75 Å². The summed E-state index contributed by atoms with van der Waals surface area (Å²) >= 11 is 3.28. The van der Waals surface area contributed by atoms with Gasteiger partial charge in [-0.3, -0.25) is 0 Å². The van der Waals surface area contributed by atoms with E-state index in [0.29, 0.717) is 15.7 Å². The molecule has 0 heterocycles. The molecule has 2 rings (SSSR count). The molecule has 112 valence electrons. The van der Waals surface area contributed by atoms with E-state index in [1.165, 1.54) is 30.3 Å². The van der Waals surface area contributed by atoms with Gasteiger partial charge in [-0.1, -0.05) is 22.0 Å². The van der Waals surface area contributed by atoms with E-state index < -0.39 is 6.36 Å². The molecule has 0 saturated heterocycles. The van der Waals surface area contributed by atoms with Gasteiger partial charge in [0.05, 0.1) is 0 Å². The minimum absolute atomic E-state index is 0.258. The van der Waals surface area contributed by atoms with Gasteiger partial charge < -0.3 is 10.1 Å². The Morgan fingerprint density at radius 1 is 1.10 bits per heavy atom. The lowest BCUT2D eigenvalue weighted by Crippen LogP contribution is -2.17. The first kappa shape index (κ1) is 15.6. The average molecular weight is 364 g/mol. The molecule has 1 N–H and O–H groups in total. The number of nitrogens with one attached hydrogen (secondary N) is 1. The molecule has 0 aliphatic rings. The Balaban J connectivity index is 2.06. The molecule has 0 saturated carbocycles. The zero-order valence-electron chi connectivity index (χ0n) is 10.5. The van der Waals surface area contributed by atoms with Gasteiger partial charge in [-0.05, 0) is 35.9 Å². The van der Waals surface area contributed by atoms with Crippen LogP contribution in [0.25, 0.3) is 0 Å². The summed E-state index contributed by atoms with van der Waals surface area (Å²) in [5.74, 6) is -0.699. The Hall–Kier alpha value is -1.76. The largest absolute Gasteiger partial charge is 0.573 e. The van der Waals surface area contributed by atoms with Crippen LogP contribution >= 0.6 is 15.9 Å². The van der Waals surface area contributed by atoms with Gasteiger partial charge in [0, 0.05) is 22.8 Å². The van der Waals surface area contributed by atoms with Gasteiger partial charge in [-0.15, -0.1) is 13.2 Å². The molecule has 0 unspecified atom stereocenters. The third-order valence-electron chi connectivity index (χ3n) is 2.56. The number of rotatable bonds is 4. The van der Waals surface area contributed by atoms with E-state index >= 15 is 0 Å². The van der Waals surface area contributed by atoms with Crippen LogP contribution in [0.4, 0.5) is 23.2 Å². The number of halogens is 5. The van der Waals surface area contributed by atoms with Gasteiger partial charge in [-0.2, -0.15) is 0 Å². The highest BCUT2D eigenvalue weighted by Crippen LogP contribution is 2.26. The molecular weight excluding hydrogens is 354 g/mol. The molecule has 0 fully saturated rings. The smallest absolute Gasteiger partial charge is 0.406 e. The fourth-order valence-electron chi connectivity index (χ4n) is 1.68. The topological polar surface area (TPSA) is 21.3 Å². The molecule has 0 atom stereocenters. The third-order valence-corrected chi connectivity index (χ3v) is 3.33. The zero-order valence-corrected chi connectivity index (χ0v) is 12.1. The van der Waals surface area contributed by atoms with E-state index in [1.54, 1.807) is 12.1 Å². The molecule has 7 heteroatoms. The van der Waals surface area contributed by atoms with Gasteiger partial charge in [0.25, 0.3) is 0 Å². The van der Waals surface area contributed by atoms with E-state index in [0.717, 1.165) is 0 Å². The van der Waals surface area contributed by atoms with Crippen LogP contribution in [0.2, 0.25) is 0 Å². The molecule has 2 aromatic rings. The SMILES string of the molecule is Fc1ccc(Br)c(CNc2cccc(OC(F)(F)F)c2)c1. The van der Waals surface area contributed by atoms with Crippen LogP contribution in [-0.4, -0.2) is 6.36 Å². The molecule has 0 aromatic heterocycles. The van der Waals surface area contributed by atoms with Crippen molar-refractivity contribution in [3.63, 3.8) is 0 Å². The van der Waals surface area contributed by atoms with E-state index in [1.807, 2.05) is 0 Å². The Kier molecular flexibility index (Phi) is 4.72. The Bertz CT molecular complexity index is 631. The van der Waals surface area contributed by atoms with Crippen molar-refractivity contribution >= 4 is 21.6 Å². The number of ether oxygens (including phenoxy) is 1. The number of hydrogen-bond donors (Lipinski definition) is 1. The number of anilines is 1. The second-order valence-corrected chi connectivity index (χ2v) is 5.02. The van der Waals surface area contributed by atoms with E-state index in [4.69, 9.17) is 0 Å². The summed E-state index contributed by atoms with van der Waals surface area (Å²) in [4.78, 5) is 0. The molecule has 2 nitrogen and oxygen atoms in total. The summed E-state index contributed by atoms with van der Waals surface area (Å²) in [7, 11) is 0. The molecule has 0 aliphatic carbocycles. The van der Waals surface area contributed by atoms with E-state index in [-0.39, 0.29) is 18.1 Å². The fraction of sp³-hybridized carbons (Fsp3) is 0.143. The summed E-state index contributed by atoms with van der Waals surface area (Å²) in [5.41, 5.74) is 1.09. The van der Waals surface area contributed by atoms with Crippen LogP contribution in [0.1, 0.15) is 5.56 Å². The van der Waals surface area contributed by atoms with Crippen molar-refractivity contribution in [2.75, 3.05) is 5.32 Å². The molecule has 0 amide bonds. The van der Waals surface area contributed by atoms with Crippen molar-refractivity contribution in [1.82, 2.24) is 0 Å². The first-order chi connectivity index (χ1) is 9.83. The van der Waals surface area contributed by atoms with Crippen molar-refractivity contribution in [2.24, 2.45) is 0 Å². The monoisotopic (exact) mass is 363 g/mol. The second kappa shape index (κ2) is 6.34. The second-order valence-electron chi connectivity index (χ2n) is 4.16. The number of benzene rings is 2. The third kappa shape index (κ3) is 4.93. The van der Waals surface area contributed by atoms with Crippen molar-refractivity contribution in [3.8, 4) is 5.75 Å². The summed E-state index contributed by atoms with van der Waals surface area (Å²) in [6.07, 6.45) is -4.73. The van der Waals surface area contributed by atoms with Crippen LogP contribution in [0, 0.1) is 5.82 Å². The summed E-state index contributed by atoms with van der Waals surface area (Å²) < 4.78 is 54.1. The van der Waals surface area contributed by atoms with E-state index in [2.05, 4.69) is 26.0 Å². The van der Waals surface area contributed by atoms with Gasteiger partial charge in [0.1, 0.15) is 11.6 Å². The summed E-state index contributed by atoms with van der Waals surface area (Å²) in [6.45, 7) is 0.258. The van der Waals surface area contributed by atoms with Crippen LogP contribution in [-0.2, 0) is 6.54 Å². The van der Waals surface area contributed by atoms with E-state index in [9.17, 15) is 17.6 Å². The van der Waals surface area contributed by atoms with Gasteiger partial charge in [0.15, 0.2) is 0 Å². The van der Waals surface area contributed by atoms with Gasteiger partial charge in [-0.25, -0.2) is 4.39 Å². The highest BCUT2D eigenvalue weighted by atomic mass is 79.9. The highest BCUT2D eigenvalue weighted by molar-refractivity contribution is 9.10. The van der Waals surface area contributed by atoms with Gasteiger partial charge in [0.2, 0.25) is 0 Å². The maximum Gasteiger partial charge on any atom is 0.573 e. The Morgan fingerprint density at radius 3 is 2.57 bits per heavy atom.